The Kier molecular flexibility index (Phi) is 6.33. The number of amides is 2. The lowest BCUT2D eigenvalue weighted by Gasteiger charge is -2.28. The fourth-order valence-electron chi connectivity index (χ4n) is 3.73. The Morgan fingerprint density at radius 1 is 1.00 bits per heavy atom. The van der Waals surface area contributed by atoms with Crippen LogP contribution in [0.3, 0.4) is 0 Å². The number of carbonyl (C=O) groups is 2. The summed E-state index contributed by atoms with van der Waals surface area (Å²) in [6.07, 6.45) is 11.3. The molecule has 21 heavy (non-hydrogen) atoms. The fraction of sp³-hybridized carbons (Fsp3) is 0.875. The monoisotopic (exact) mass is 296 g/mol. The van der Waals surface area contributed by atoms with Gasteiger partial charge in [0.25, 0.3) is 0 Å². The van der Waals surface area contributed by atoms with Gasteiger partial charge < -0.3 is 15.7 Å². The van der Waals surface area contributed by atoms with Crippen LogP contribution in [-0.4, -0.2) is 29.7 Å². The molecule has 2 saturated carbocycles. The molecular formula is C16H28N2O3. The van der Waals surface area contributed by atoms with Crippen molar-refractivity contribution in [1.29, 1.82) is 0 Å². The first-order chi connectivity index (χ1) is 10.2. The van der Waals surface area contributed by atoms with Crippen LogP contribution in [0.4, 0.5) is 4.79 Å². The Balaban J connectivity index is 1.71. The van der Waals surface area contributed by atoms with E-state index in [-0.39, 0.29) is 11.9 Å². The number of hydrogen-bond acceptors (Lipinski definition) is 2. The van der Waals surface area contributed by atoms with Gasteiger partial charge >= 0.3 is 12.0 Å². The van der Waals surface area contributed by atoms with Crippen molar-refractivity contribution < 1.29 is 14.7 Å². The number of carbonyl (C=O) groups excluding carboxylic acids is 1. The highest BCUT2D eigenvalue weighted by Gasteiger charge is 2.30. The lowest BCUT2D eigenvalue weighted by atomic mass is 9.84. The minimum absolute atomic E-state index is 0.0804. The van der Waals surface area contributed by atoms with Gasteiger partial charge in [-0.15, -0.1) is 0 Å². The van der Waals surface area contributed by atoms with Gasteiger partial charge in [-0.1, -0.05) is 44.9 Å². The average Bonchev–Trinajstić information content (AvgIpc) is 2.98. The summed E-state index contributed by atoms with van der Waals surface area (Å²) in [7, 11) is 0. The van der Waals surface area contributed by atoms with Gasteiger partial charge in [0.05, 0.1) is 0 Å². The third-order valence-corrected chi connectivity index (χ3v) is 4.99. The van der Waals surface area contributed by atoms with Gasteiger partial charge in [0.15, 0.2) is 0 Å². The fourth-order valence-corrected chi connectivity index (χ4v) is 3.73. The largest absolute Gasteiger partial charge is 0.480 e. The minimum atomic E-state index is -0.909. The molecule has 0 radical (unpaired) electrons. The van der Waals surface area contributed by atoms with Crippen molar-refractivity contribution in [2.75, 3.05) is 6.54 Å². The maximum Gasteiger partial charge on any atom is 0.326 e. The predicted octanol–water partition coefficient (Wildman–Crippen LogP) is 2.90. The van der Waals surface area contributed by atoms with E-state index in [1.807, 2.05) is 0 Å². The second-order valence-electron chi connectivity index (χ2n) is 6.55. The van der Waals surface area contributed by atoms with E-state index in [9.17, 15) is 14.7 Å². The molecule has 0 aromatic rings. The van der Waals surface area contributed by atoms with E-state index in [0.29, 0.717) is 6.54 Å². The maximum atomic E-state index is 11.9. The predicted molar refractivity (Wildman–Crippen MR) is 81.1 cm³/mol. The molecule has 5 nitrogen and oxygen atoms in total. The average molecular weight is 296 g/mol. The molecule has 2 rings (SSSR count). The van der Waals surface area contributed by atoms with E-state index in [0.717, 1.165) is 38.0 Å². The number of rotatable bonds is 6. The lowest BCUT2D eigenvalue weighted by Crippen LogP contribution is -2.50. The summed E-state index contributed by atoms with van der Waals surface area (Å²) in [6, 6.07) is -1.07. The van der Waals surface area contributed by atoms with Crippen molar-refractivity contribution in [3.8, 4) is 0 Å². The quantitative estimate of drug-likeness (QED) is 0.705. The van der Waals surface area contributed by atoms with Crippen molar-refractivity contribution in [3.05, 3.63) is 0 Å². The third kappa shape index (κ3) is 5.21. The summed E-state index contributed by atoms with van der Waals surface area (Å²) in [5.41, 5.74) is 0. The van der Waals surface area contributed by atoms with Crippen LogP contribution in [0.2, 0.25) is 0 Å². The summed E-state index contributed by atoms with van der Waals surface area (Å²) < 4.78 is 0. The number of aliphatic carboxylic acids is 1. The number of urea groups is 1. The standard InChI is InChI=1S/C16H28N2O3/c19-15(20)14(13-8-2-1-3-9-13)18-16(21)17-11-10-12-6-4-5-7-12/h12-14H,1-11H2,(H,19,20)(H2,17,18,21). The SMILES string of the molecule is O=C(NCCC1CCCC1)NC(C(=O)O)C1CCCCC1. The maximum absolute atomic E-state index is 11.9. The first kappa shape index (κ1) is 16.1. The summed E-state index contributed by atoms with van der Waals surface area (Å²) in [4.78, 5) is 23.3. The topological polar surface area (TPSA) is 78.4 Å². The third-order valence-electron chi connectivity index (χ3n) is 4.99. The molecule has 0 aromatic heterocycles. The van der Waals surface area contributed by atoms with Gasteiger partial charge in [-0.2, -0.15) is 0 Å². The zero-order valence-corrected chi connectivity index (χ0v) is 12.8. The van der Waals surface area contributed by atoms with Crippen molar-refractivity contribution in [2.45, 2.75) is 70.3 Å². The smallest absolute Gasteiger partial charge is 0.326 e. The highest BCUT2D eigenvalue weighted by molar-refractivity contribution is 5.82. The molecule has 0 saturated heterocycles. The molecule has 1 atom stereocenters. The highest BCUT2D eigenvalue weighted by Crippen LogP contribution is 2.27. The molecule has 120 valence electrons. The summed E-state index contributed by atoms with van der Waals surface area (Å²) >= 11 is 0. The van der Waals surface area contributed by atoms with Crippen LogP contribution in [0, 0.1) is 11.8 Å². The normalized spacial score (nSPS) is 21.9. The van der Waals surface area contributed by atoms with E-state index in [1.54, 1.807) is 0 Å². The molecule has 2 aliphatic rings. The Morgan fingerprint density at radius 2 is 1.62 bits per heavy atom. The number of carboxylic acid groups (broad SMARTS) is 1. The van der Waals surface area contributed by atoms with Crippen LogP contribution >= 0.6 is 0 Å². The summed E-state index contributed by atoms with van der Waals surface area (Å²) in [5.74, 6) is -0.0939. The van der Waals surface area contributed by atoms with Gasteiger partial charge in [-0.3, -0.25) is 0 Å². The molecule has 0 bridgehead atoms. The van der Waals surface area contributed by atoms with Gasteiger partial charge in [0.2, 0.25) is 0 Å². The molecule has 2 fully saturated rings. The first-order valence-electron chi connectivity index (χ1n) is 8.44. The Morgan fingerprint density at radius 3 is 2.24 bits per heavy atom. The van der Waals surface area contributed by atoms with E-state index < -0.39 is 12.0 Å². The first-order valence-corrected chi connectivity index (χ1v) is 8.44. The van der Waals surface area contributed by atoms with Crippen molar-refractivity contribution >= 4 is 12.0 Å². The van der Waals surface area contributed by atoms with E-state index in [2.05, 4.69) is 10.6 Å². The summed E-state index contributed by atoms with van der Waals surface area (Å²) in [6.45, 7) is 0.646. The molecule has 0 aromatic carbocycles. The second-order valence-corrected chi connectivity index (χ2v) is 6.55. The lowest BCUT2D eigenvalue weighted by molar-refractivity contribution is -0.141. The van der Waals surface area contributed by atoms with Gasteiger partial charge in [0.1, 0.15) is 6.04 Å². The van der Waals surface area contributed by atoms with E-state index in [4.69, 9.17) is 0 Å². The van der Waals surface area contributed by atoms with Crippen LogP contribution in [-0.2, 0) is 4.79 Å². The molecule has 3 N–H and O–H groups in total. The summed E-state index contributed by atoms with van der Waals surface area (Å²) in [5, 5.41) is 14.8. The number of carboxylic acids is 1. The second kappa shape index (κ2) is 8.25. The van der Waals surface area contributed by atoms with Crippen molar-refractivity contribution in [1.82, 2.24) is 10.6 Å². The van der Waals surface area contributed by atoms with Crippen LogP contribution in [0.25, 0.3) is 0 Å². The molecule has 5 heteroatoms. The van der Waals surface area contributed by atoms with E-state index >= 15 is 0 Å². The molecule has 2 aliphatic carbocycles. The molecule has 1 unspecified atom stereocenters. The van der Waals surface area contributed by atoms with Gasteiger partial charge in [0, 0.05) is 6.54 Å². The highest BCUT2D eigenvalue weighted by atomic mass is 16.4. The van der Waals surface area contributed by atoms with Crippen LogP contribution < -0.4 is 10.6 Å². The zero-order chi connectivity index (χ0) is 15.1. The number of hydrogen-bond donors (Lipinski definition) is 3. The molecule has 0 heterocycles. The Hall–Kier alpha value is -1.26. The minimum Gasteiger partial charge on any atom is -0.480 e. The van der Waals surface area contributed by atoms with Crippen molar-refractivity contribution in [2.24, 2.45) is 11.8 Å². The Labute approximate surface area is 126 Å². The number of nitrogens with one attached hydrogen (secondary N) is 2. The Bertz CT molecular complexity index is 347. The van der Waals surface area contributed by atoms with Gasteiger partial charge in [-0.05, 0) is 31.1 Å². The van der Waals surface area contributed by atoms with Crippen LogP contribution in [0.5, 0.6) is 0 Å². The van der Waals surface area contributed by atoms with Crippen molar-refractivity contribution in [3.63, 3.8) is 0 Å². The van der Waals surface area contributed by atoms with Gasteiger partial charge in [-0.25, -0.2) is 9.59 Å². The zero-order valence-electron chi connectivity index (χ0n) is 12.8. The van der Waals surface area contributed by atoms with Crippen LogP contribution in [0.1, 0.15) is 64.2 Å². The molecule has 0 spiro atoms. The molecule has 0 aliphatic heterocycles. The van der Waals surface area contributed by atoms with Crippen LogP contribution in [0.15, 0.2) is 0 Å². The van der Waals surface area contributed by atoms with E-state index in [1.165, 1.54) is 32.1 Å². The molecule has 2 amide bonds. The molecular weight excluding hydrogens is 268 g/mol.